The fourth-order valence-electron chi connectivity index (χ4n) is 0.781. The average Bonchev–Trinajstić information content (AvgIpc) is 2.05. The van der Waals surface area contributed by atoms with Crippen LogP contribution in [0.1, 0.15) is 26.2 Å². The van der Waals surface area contributed by atoms with Crippen molar-refractivity contribution in [3.63, 3.8) is 0 Å². The third kappa shape index (κ3) is 6.07. The molecule has 0 N–H and O–H groups in total. The smallest absolute Gasteiger partial charge is 0.160 e. The Bertz CT molecular complexity index is 95.7. The van der Waals surface area contributed by atoms with Crippen LogP contribution in [0.4, 0.5) is 0 Å². The Labute approximate surface area is 69.2 Å². The zero-order chi connectivity index (χ0) is 8.53. The average molecular weight is 158 g/mol. The summed E-state index contributed by atoms with van der Waals surface area (Å²) in [5.74, 6) is 0. The second kappa shape index (κ2) is 7.76. The number of hydrogen-bond donors (Lipinski definition) is 0. The number of unbranched alkanes of at least 4 members (excludes halogenated alkanes) is 1. The van der Waals surface area contributed by atoms with Gasteiger partial charge in [-0.25, -0.2) is 0 Å². The predicted molar refractivity (Wildman–Crippen MR) is 46.5 cm³/mol. The highest BCUT2D eigenvalue weighted by Crippen LogP contribution is 1.99. The Morgan fingerprint density at radius 2 is 1.82 bits per heavy atom. The molecule has 0 radical (unpaired) electrons. The van der Waals surface area contributed by atoms with E-state index in [0.29, 0.717) is 0 Å². The molecule has 0 aliphatic carbocycles. The molecule has 0 rings (SSSR count). The van der Waals surface area contributed by atoms with E-state index in [0.717, 1.165) is 12.8 Å². The first-order valence-electron chi connectivity index (χ1n) is 4.05. The normalized spacial score (nSPS) is 11.6. The maximum atomic E-state index is 5.01. The molecular weight excluding hydrogens is 140 g/mol. The number of allylic oxidation sites excluding steroid dienone is 1. The van der Waals surface area contributed by atoms with Crippen LogP contribution in [0.2, 0.25) is 0 Å². The lowest BCUT2D eigenvalue weighted by atomic mass is 10.3. The minimum Gasteiger partial charge on any atom is -0.356 e. The number of hydrogen-bond acceptors (Lipinski definition) is 2. The van der Waals surface area contributed by atoms with Crippen molar-refractivity contribution in [2.24, 2.45) is 0 Å². The Hall–Kier alpha value is -0.340. The van der Waals surface area contributed by atoms with Crippen LogP contribution in [0, 0.1) is 0 Å². The summed E-state index contributed by atoms with van der Waals surface area (Å²) in [6, 6.07) is 0. The predicted octanol–water partition coefficient (Wildman–Crippen LogP) is 2.35. The molecule has 0 aliphatic rings. The molecule has 0 aromatic carbocycles. The minimum absolute atomic E-state index is 0.0805. The Balaban J connectivity index is 3.33. The molecule has 2 heteroatoms. The molecule has 66 valence electrons. The molecule has 0 bridgehead atoms. The molecule has 0 fully saturated rings. The van der Waals surface area contributed by atoms with Crippen LogP contribution in [0.15, 0.2) is 12.2 Å². The van der Waals surface area contributed by atoms with Gasteiger partial charge < -0.3 is 9.47 Å². The van der Waals surface area contributed by atoms with E-state index >= 15 is 0 Å². The zero-order valence-corrected chi connectivity index (χ0v) is 7.67. The summed E-state index contributed by atoms with van der Waals surface area (Å²) in [6.45, 7) is 2.16. The van der Waals surface area contributed by atoms with Crippen LogP contribution < -0.4 is 0 Å². The molecule has 0 saturated heterocycles. The minimum atomic E-state index is -0.0805. The van der Waals surface area contributed by atoms with Crippen molar-refractivity contribution in [1.29, 1.82) is 0 Å². The number of methoxy groups -OCH3 is 2. The Morgan fingerprint density at radius 1 is 1.18 bits per heavy atom. The van der Waals surface area contributed by atoms with Crippen LogP contribution in [0.3, 0.4) is 0 Å². The SMILES string of the molecule is CCC/C=C/CC(OC)OC. The van der Waals surface area contributed by atoms with Crippen molar-refractivity contribution in [2.75, 3.05) is 14.2 Å². The first-order chi connectivity index (χ1) is 5.35. The van der Waals surface area contributed by atoms with E-state index in [1.807, 2.05) is 0 Å². The van der Waals surface area contributed by atoms with Crippen molar-refractivity contribution >= 4 is 0 Å². The second-order valence-corrected chi connectivity index (χ2v) is 2.40. The molecule has 0 saturated carbocycles. The topological polar surface area (TPSA) is 18.5 Å². The van der Waals surface area contributed by atoms with E-state index in [9.17, 15) is 0 Å². The van der Waals surface area contributed by atoms with Gasteiger partial charge in [-0.15, -0.1) is 0 Å². The first kappa shape index (κ1) is 10.7. The van der Waals surface area contributed by atoms with Crippen LogP contribution in [-0.4, -0.2) is 20.5 Å². The first-order valence-corrected chi connectivity index (χ1v) is 4.05. The summed E-state index contributed by atoms with van der Waals surface area (Å²) in [5, 5.41) is 0. The van der Waals surface area contributed by atoms with E-state index < -0.39 is 0 Å². The van der Waals surface area contributed by atoms with E-state index in [4.69, 9.17) is 9.47 Å². The number of ether oxygens (including phenoxy) is 2. The molecular formula is C9H18O2. The van der Waals surface area contributed by atoms with E-state index in [1.54, 1.807) is 14.2 Å². The molecule has 2 nitrogen and oxygen atoms in total. The van der Waals surface area contributed by atoms with Crippen LogP contribution >= 0.6 is 0 Å². The largest absolute Gasteiger partial charge is 0.356 e. The van der Waals surface area contributed by atoms with Crippen LogP contribution in [-0.2, 0) is 9.47 Å². The third-order valence-electron chi connectivity index (χ3n) is 1.48. The van der Waals surface area contributed by atoms with Crippen molar-refractivity contribution in [3.8, 4) is 0 Å². The highest BCUT2D eigenvalue weighted by atomic mass is 16.7. The fraction of sp³-hybridized carbons (Fsp3) is 0.778. The molecule has 0 aliphatic heterocycles. The van der Waals surface area contributed by atoms with Crippen LogP contribution in [0.25, 0.3) is 0 Å². The second-order valence-electron chi connectivity index (χ2n) is 2.40. The van der Waals surface area contributed by atoms with Gasteiger partial charge in [-0.3, -0.25) is 0 Å². The molecule has 0 aromatic heterocycles. The van der Waals surface area contributed by atoms with Gasteiger partial charge in [-0.05, 0) is 6.42 Å². The fourth-order valence-corrected chi connectivity index (χ4v) is 0.781. The van der Waals surface area contributed by atoms with E-state index in [1.165, 1.54) is 6.42 Å². The quantitative estimate of drug-likeness (QED) is 0.436. The summed E-state index contributed by atoms with van der Waals surface area (Å²) in [4.78, 5) is 0. The van der Waals surface area contributed by atoms with Gasteiger partial charge in [0.2, 0.25) is 0 Å². The van der Waals surface area contributed by atoms with Gasteiger partial charge >= 0.3 is 0 Å². The Kier molecular flexibility index (Phi) is 7.52. The molecule has 11 heavy (non-hydrogen) atoms. The highest BCUT2D eigenvalue weighted by molar-refractivity contribution is 4.81. The van der Waals surface area contributed by atoms with Gasteiger partial charge in [-0.2, -0.15) is 0 Å². The third-order valence-corrected chi connectivity index (χ3v) is 1.48. The van der Waals surface area contributed by atoms with Crippen molar-refractivity contribution in [3.05, 3.63) is 12.2 Å². The zero-order valence-electron chi connectivity index (χ0n) is 7.67. The van der Waals surface area contributed by atoms with Gasteiger partial charge in [0.1, 0.15) is 0 Å². The maximum absolute atomic E-state index is 5.01. The summed E-state index contributed by atoms with van der Waals surface area (Å²) in [5.41, 5.74) is 0. The van der Waals surface area contributed by atoms with E-state index in [-0.39, 0.29) is 6.29 Å². The summed E-state index contributed by atoms with van der Waals surface area (Å²) < 4.78 is 10.0. The monoisotopic (exact) mass is 158 g/mol. The van der Waals surface area contributed by atoms with Gasteiger partial charge in [-0.1, -0.05) is 25.5 Å². The lowest BCUT2D eigenvalue weighted by molar-refractivity contribution is -0.0986. The van der Waals surface area contributed by atoms with Gasteiger partial charge in [0.15, 0.2) is 6.29 Å². The highest BCUT2D eigenvalue weighted by Gasteiger charge is 1.99. The van der Waals surface area contributed by atoms with Gasteiger partial charge in [0, 0.05) is 20.6 Å². The molecule has 0 unspecified atom stereocenters. The number of rotatable bonds is 6. The lowest BCUT2D eigenvalue weighted by Crippen LogP contribution is -2.10. The Morgan fingerprint density at radius 3 is 2.27 bits per heavy atom. The molecule has 0 heterocycles. The summed E-state index contributed by atoms with van der Waals surface area (Å²) in [6.07, 6.45) is 7.35. The molecule has 0 atom stereocenters. The van der Waals surface area contributed by atoms with Crippen molar-refractivity contribution < 1.29 is 9.47 Å². The van der Waals surface area contributed by atoms with Gasteiger partial charge in [0.05, 0.1) is 0 Å². The summed E-state index contributed by atoms with van der Waals surface area (Å²) >= 11 is 0. The maximum Gasteiger partial charge on any atom is 0.160 e. The molecule has 0 spiro atoms. The van der Waals surface area contributed by atoms with Crippen molar-refractivity contribution in [2.45, 2.75) is 32.5 Å². The molecule has 0 amide bonds. The molecule has 0 aromatic rings. The standard InChI is InChI=1S/C9H18O2/c1-4-5-6-7-8-9(10-2)11-3/h6-7,9H,4-5,8H2,1-3H3/b7-6+. The summed E-state index contributed by atoms with van der Waals surface area (Å²) in [7, 11) is 3.31. The van der Waals surface area contributed by atoms with Gasteiger partial charge in [0.25, 0.3) is 0 Å². The van der Waals surface area contributed by atoms with Crippen molar-refractivity contribution in [1.82, 2.24) is 0 Å². The van der Waals surface area contributed by atoms with E-state index in [2.05, 4.69) is 19.1 Å². The lowest BCUT2D eigenvalue weighted by Gasteiger charge is -2.09. The van der Waals surface area contributed by atoms with Crippen LogP contribution in [0.5, 0.6) is 0 Å².